The number of amides is 1. The minimum atomic E-state index is -0.352. The van der Waals surface area contributed by atoms with E-state index < -0.39 is 0 Å². The predicted octanol–water partition coefficient (Wildman–Crippen LogP) is 3.69. The highest BCUT2D eigenvalue weighted by Gasteiger charge is 2.09. The number of benzene rings is 2. The van der Waals surface area contributed by atoms with Gasteiger partial charge >= 0.3 is 0 Å². The molecule has 1 N–H and O–H groups in total. The van der Waals surface area contributed by atoms with Crippen LogP contribution in [0.15, 0.2) is 42.5 Å². The third kappa shape index (κ3) is 2.74. The summed E-state index contributed by atoms with van der Waals surface area (Å²) in [6, 6.07) is 11.8. The summed E-state index contributed by atoms with van der Waals surface area (Å²) in [5, 5.41) is 2.70. The molecule has 0 fully saturated rings. The molecule has 0 saturated heterocycles. The standard InChI is InChI=1S/C15H14FNO/c1-10-7-12(16)9-13(8-10)17-15(18)14-6-4-3-5-11(14)2/h3-9H,1-2H3,(H,17,18). The number of hydrogen-bond donors (Lipinski definition) is 1. The number of hydrogen-bond acceptors (Lipinski definition) is 1. The van der Waals surface area contributed by atoms with Gasteiger partial charge < -0.3 is 5.32 Å². The second-order valence-corrected chi connectivity index (χ2v) is 4.29. The van der Waals surface area contributed by atoms with E-state index in [1.807, 2.05) is 19.1 Å². The Morgan fingerprint density at radius 2 is 1.83 bits per heavy atom. The lowest BCUT2D eigenvalue weighted by Crippen LogP contribution is -2.13. The monoisotopic (exact) mass is 243 g/mol. The topological polar surface area (TPSA) is 29.1 Å². The van der Waals surface area contributed by atoms with Crippen LogP contribution in [0.1, 0.15) is 21.5 Å². The van der Waals surface area contributed by atoms with Crippen LogP contribution in [0.25, 0.3) is 0 Å². The maximum atomic E-state index is 13.2. The minimum Gasteiger partial charge on any atom is -0.322 e. The number of carbonyl (C=O) groups excluding carboxylic acids is 1. The summed E-state index contributed by atoms with van der Waals surface area (Å²) < 4.78 is 13.2. The molecule has 2 nitrogen and oxygen atoms in total. The lowest BCUT2D eigenvalue weighted by atomic mass is 10.1. The first-order valence-electron chi connectivity index (χ1n) is 5.70. The van der Waals surface area contributed by atoms with E-state index in [1.165, 1.54) is 12.1 Å². The summed E-state index contributed by atoms with van der Waals surface area (Å²) in [5.74, 6) is -0.576. The smallest absolute Gasteiger partial charge is 0.255 e. The van der Waals surface area contributed by atoms with Crippen molar-refractivity contribution in [1.29, 1.82) is 0 Å². The highest BCUT2D eigenvalue weighted by Crippen LogP contribution is 2.15. The second-order valence-electron chi connectivity index (χ2n) is 4.29. The van der Waals surface area contributed by atoms with Crippen molar-refractivity contribution in [3.05, 3.63) is 65.0 Å². The molecule has 1 amide bonds. The fourth-order valence-electron chi connectivity index (χ4n) is 1.83. The molecule has 0 radical (unpaired) electrons. The molecule has 0 heterocycles. The lowest BCUT2D eigenvalue weighted by Gasteiger charge is -2.08. The van der Waals surface area contributed by atoms with Crippen LogP contribution in [0, 0.1) is 19.7 Å². The molecule has 92 valence electrons. The van der Waals surface area contributed by atoms with Gasteiger partial charge in [0.2, 0.25) is 0 Å². The Bertz CT molecular complexity index is 573. The van der Waals surface area contributed by atoms with Crippen molar-refractivity contribution < 1.29 is 9.18 Å². The quantitative estimate of drug-likeness (QED) is 0.856. The van der Waals surface area contributed by atoms with Gasteiger partial charge in [0.1, 0.15) is 5.82 Å². The first-order valence-corrected chi connectivity index (χ1v) is 5.70. The molecule has 0 bridgehead atoms. The van der Waals surface area contributed by atoms with Crippen LogP contribution in [0.5, 0.6) is 0 Å². The van der Waals surface area contributed by atoms with Gasteiger partial charge in [-0.05, 0) is 49.2 Å². The Balaban J connectivity index is 2.24. The SMILES string of the molecule is Cc1cc(F)cc(NC(=O)c2ccccc2C)c1. The van der Waals surface area contributed by atoms with Gasteiger partial charge in [0.25, 0.3) is 5.91 Å². The summed E-state index contributed by atoms with van der Waals surface area (Å²) in [6.45, 7) is 3.65. The van der Waals surface area contributed by atoms with Crippen molar-refractivity contribution >= 4 is 11.6 Å². The van der Waals surface area contributed by atoms with Crippen LogP contribution in [-0.4, -0.2) is 5.91 Å². The third-order valence-electron chi connectivity index (χ3n) is 2.69. The number of nitrogens with one attached hydrogen (secondary N) is 1. The van der Waals surface area contributed by atoms with Gasteiger partial charge in [-0.25, -0.2) is 4.39 Å². The Kier molecular flexibility index (Phi) is 3.42. The van der Waals surface area contributed by atoms with Gasteiger partial charge in [-0.15, -0.1) is 0 Å². The van der Waals surface area contributed by atoms with Gasteiger partial charge in [0.05, 0.1) is 0 Å². The van der Waals surface area contributed by atoms with Crippen molar-refractivity contribution in [2.75, 3.05) is 5.32 Å². The molecular formula is C15H14FNO. The second kappa shape index (κ2) is 5.00. The largest absolute Gasteiger partial charge is 0.322 e. The zero-order valence-electron chi connectivity index (χ0n) is 10.3. The summed E-state index contributed by atoms with van der Waals surface area (Å²) in [4.78, 5) is 12.0. The summed E-state index contributed by atoms with van der Waals surface area (Å²) >= 11 is 0. The number of halogens is 1. The van der Waals surface area contributed by atoms with Gasteiger partial charge in [-0.3, -0.25) is 4.79 Å². The molecule has 2 aromatic carbocycles. The van der Waals surface area contributed by atoms with Crippen LogP contribution < -0.4 is 5.32 Å². The van der Waals surface area contributed by atoms with E-state index in [0.29, 0.717) is 11.3 Å². The van der Waals surface area contributed by atoms with E-state index in [9.17, 15) is 9.18 Å². The molecular weight excluding hydrogens is 229 g/mol. The Hall–Kier alpha value is -2.16. The van der Waals surface area contributed by atoms with E-state index in [2.05, 4.69) is 5.32 Å². The van der Waals surface area contributed by atoms with Crippen LogP contribution in [0.4, 0.5) is 10.1 Å². The first kappa shape index (κ1) is 12.3. The molecule has 18 heavy (non-hydrogen) atoms. The first-order chi connectivity index (χ1) is 8.56. The zero-order chi connectivity index (χ0) is 13.1. The maximum absolute atomic E-state index is 13.2. The molecule has 0 aliphatic heterocycles. The van der Waals surface area contributed by atoms with Crippen molar-refractivity contribution in [2.45, 2.75) is 13.8 Å². The lowest BCUT2D eigenvalue weighted by molar-refractivity contribution is 0.102. The van der Waals surface area contributed by atoms with Crippen LogP contribution in [-0.2, 0) is 0 Å². The van der Waals surface area contributed by atoms with E-state index in [1.54, 1.807) is 25.1 Å². The fourth-order valence-corrected chi connectivity index (χ4v) is 1.83. The maximum Gasteiger partial charge on any atom is 0.255 e. The van der Waals surface area contributed by atoms with E-state index >= 15 is 0 Å². The molecule has 2 aromatic rings. The van der Waals surface area contributed by atoms with Crippen molar-refractivity contribution in [3.63, 3.8) is 0 Å². The van der Waals surface area contributed by atoms with Gasteiger partial charge in [0.15, 0.2) is 0 Å². The van der Waals surface area contributed by atoms with E-state index in [-0.39, 0.29) is 11.7 Å². The Morgan fingerprint density at radius 3 is 2.50 bits per heavy atom. The number of rotatable bonds is 2. The molecule has 0 atom stereocenters. The van der Waals surface area contributed by atoms with E-state index in [0.717, 1.165) is 11.1 Å². The molecule has 0 saturated carbocycles. The Morgan fingerprint density at radius 1 is 1.11 bits per heavy atom. The summed E-state index contributed by atoms with van der Waals surface area (Å²) in [5.41, 5.74) is 2.73. The van der Waals surface area contributed by atoms with Gasteiger partial charge in [-0.2, -0.15) is 0 Å². The van der Waals surface area contributed by atoms with Crippen LogP contribution >= 0.6 is 0 Å². The van der Waals surface area contributed by atoms with Gasteiger partial charge in [0, 0.05) is 11.3 Å². The molecule has 0 aromatic heterocycles. The highest BCUT2D eigenvalue weighted by molar-refractivity contribution is 6.05. The average Bonchev–Trinajstić information content (AvgIpc) is 2.27. The number of anilines is 1. The van der Waals surface area contributed by atoms with Crippen molar-refractivity contribution in [1.82, 2.24) is 0 Å². The van der Waals surface area contributed by atoms with Gasteiger partial charge in [-0.1, -0.05) is 18.2 Å². The molecule has 0 unspecified atom stereocenters. The molecule has 0 spiro atoms. The molecule has 0 aliphatic rings. The zero-order valence-corrected chi connectivity index (χ0v) is 10.3. The number of carbonyl (C=O) groups is 1. The third-order valence-corrected chi connectivity index (χ3v) is 2.69. The number of aryl methyl sites for hydroxylation is 2. The van der Waals surface area contributed by atoms with Crippen molar-refractivity contribution in [2.24, 2.45) is 0 Å². The van der Waals surface area contributed by atoms with Crippen LogP contribution in [0.3, 0.4) is 0 Å². The highest BCUT2D eigenvalue weighted by atomic mass is 19.1. The normalized spacial score (nSPS) is 10.2. The van der Waals surface area contributed by atoms with E-state index in [4.69, 9.17) is 0 Å². The minimum absolute atomic E-state index is 0.224. The predicted molar refractivity (Wildman–Crippen MR) is 70.3 cm³/mol. The Labute approximate surface area is 105 Å². The average molecular weight is 243 g/mol. The molecule has 3 heteroatoms. The fraction of sp³-hybridized carbons (Fsp3) is 0.133. The summed E-state index contributed by atoms with van der Waals surface area (Å²) in [6.07, 6.45) is 0. The molecule has 0 aliphatic carbocycles. The molecule has 2 rings (SSSR count). The van der Waals surface area contributed by atoms with Crippen LogP contribution in [0.2, 0.25) is 0 Å². The van der Waals surface area contributed by atoms with Crippen molar-refractivity contribution in [3.8, 4) is 0 Å². The summed E-state index contributed by atoms with van der Waals surface area (Å²) in [7, 11) is 0.